The molecule has 28 heavy (non-hydrogen) atoms. The van der Waals surface area contributed by atoms with E-state index in [2.05, 4.69) is 11.4 Å². The number of nitrogens with zero attached hydrogens (tertiary/aromatic N) is 1. The molecule has 0 unspecified atom stereocenters. The standard InChI is InChI=1S/C24H22N2O2/c1-16-7-12-21(15-17(16)2)25-23(27)19-8-10-20(11-9-19)24(28)26-14-13-18-5-3-4-6-22(18)26/h3-12,15H,13-14H2,1-2H3,(H,25,27). The van der Waals surface area contributed by atoms with Crippen LogP contribution in [0.5, 0.6) is 0 Å². The smallest absolute Gasteiger partial charge is 0.258 e. The van der Waals surface area contributed by atoms with Crippen LogP contribution in [0.3, 0.4) is 0 Å². The summed E-state index contributed by atoms with van der Waals surface area (Å²) in [5, 5.41) is 2.91. The van der Waals surface area contributed by atoms with Crippen molar-refractivity contribution in [3.63, 3.8) is 0 Å². The molecule has 0 atom stereocenters. The molecule has 4 heteroatoms. The number of amides is 2. The lowest BCUT2D eigenvalue weighted by molar-refractivity contribution is 0.0986. The first-order valence-corrected chi connectivity index (χ1v) is 9.41. The molecule has 1 heterocycles. The normalized spacial score (nSPS) is 12.6. The molecule has 0 aliphatic carbocycles. The van der Waals surface area contributed by atoms with E-state index in [4.69, 9.17) is 0 Å². The first-order chi connectivity index (χ1) is 13.5. The van der Waals surface area contributed by atoms with Gasteiger partial charge in [-0.05, 0) is 79.4 Å². The van der Waals surface area contributed by atoms with Crippen LogP contribution in [0.4, 0.5) is 11.4 Å². The third kappa shape index (κ3) is 3.41. The van der Waals surface area contributed by atoms with E-state index >= 15 is 0 Å². The van der Waals surface area contributed by atoms with Crippen molar-refractivity contribution in [1.29, 1.82) is 0 Å². The minimum atomic E-state index is -0.186. The number of anilines is 2. The summed E-state index contributed by atoms with van der Waals surface area (Å²) in [5.74, 6) is -0.222. The molecule has 0 saturated carbocycles. The summed E-state index contributed by atoms with van der Waals surface area (Å²) < 4.78 is 0. The first kappa shape index (κ1) is 18.0. The Morgan fingerprint density at radius 2 is 1.57 bits per heavy atom. The molecule has 0 bridgehead atoms. The fraction of sp³-hybridized carbons (Fsp3) is 0.167. The molecule has 1 aliphatic rings. The average Bonchev–Trinajstić information content (AvgIpc) is 3.14. The fourth-order valence-electron chi connectivity index (χ4n) is 3.49. The van der Waals surface area contributed by atoms with Crippen molar-refractivity contribution >= 4 is 23.2 Å². The van der Waals surface area contributed by atoms with E-state index in [1.165, 1.54) is 11.1 Å². The predicted molar refractivity (Wildman–Crippen MR) is 112 cm³/mol. The minimum Gasteiger partial charge on any atom is -0.322 e. The maximum absolute atomic E-state index is 12.9. The van der Waals surface area contributed by atoms with Crippen molar-refractivity contribution in [2.24, 2.45) is 0 Å². The van der Waals surface area contributed by atoms with Gasteiger partial charge in [-0.3, -0.25) is 9.59 Å². The second kappa shape index (κ2) is 7.31. The van der Waals surface area contributed by atoms with E-state index in [1.807, 2.05) is 50.2 Å². The van der Waals surface area contributed by atoms with Crippen LogP contribution in [0.15, 0.2) is 66.7 Å². The maximum Gasteiger partial charge on any atom is 0.258 e. The summed E-state index contributed by atoms with van der Waals surface area (Å²) in [6.07, 6.45) is 0.873. The molecule has 4 rings (SSSR count). The maximum atomic E-state index is 12.9. The van der Waals surface area contributed by atoms with E-state index in [9.17, 15) is 9.59 Å². The molecule has 0 radical (unpaired) electrons. The van der Waals surface area contributed by atoms with Crippen molar-refractivity contribution in [2.45, 2.75) is 20.3 Å². The highest BCUT2D eigenvalue weighted by molar-refractivity contribution is 6.09. The molecule has 3 aromatic rings. The van der Waals surface area contributed by atoms with Crippen molar-refractivity contribution in [2.75, 3.05) is 16.8 Å². The summed E-state index contributed by atoms with van der Waals surface area (Å²) in [6, 6.07) is 20.7. The largest absolute Gasteiger partial charge is 0.322 e. The number of carbonyl (C=O) groups is 2. The van der Waals surface area contributed by atoms with Gasteiger partial charge in [-0.1, -0.05) is 24.3 Å². The second-order valence-corrected chi connectivity index (χ2v) is 7.17. The van der Waals surface area contributed by atoms with E-state index in [-0.39, 0.29) is 11.8 Å². The lowest BCUT2D eigenvalue weighted by atomic mass is 10.1. The monoisotopic (exact) mass is 370 g/mol. The number of fused-ring (bicyclic) bond motifs is 1. The second-order valence-electron chi connectivity index (χ2n) is 7.17. The van der Waals surface area contributed by atoms with Crippen LogP contribution in [-0.2, 0) is 6.42 Å². The van der Waals surface area contributed by atoms with Gasteiger partial charge in [0.15, 0.2) is 0 Å². The average molecular weight is 370 g/mol. The zero-order chi connectivity index (χ0) is 19.7. The van der Waals surface area contributed by atoms with E-state index in [0.29, 0.717) is 17.7 Å². The van der Waals surface area contributed by atoms with Gasteiger partial charge in [-0.2, -0.15) is 0 Å². The van der Waals surface area contributed by atoms with Crippen molar-refractivity contribution in [1.82, 2.24) is 0 Å². The molecular weight excluding hydrogens is 348 g/mol. The van der Waals surface area contributed by atoms with Gasteiger partial charge in [0.1, 0.15) is 0 Å². The Hall–Kier alpha value is -3.40. The Labute approximate surface area is 164 Å². The molecular formula is C24H22N2O2. The summed E-state index contributed by atoms with van der Waals surface area (Å²) in [6.45, 7) is 4.74. The van der Waals surface area contributed by atoms with Crippen molar-refractivity contribution in [3.8, 4) is 0 Å². The third-order valence-electron chi connectivity index (χ3n) is 5.29. The first-order valence-electron chi connectivity index (χ1n) is 9.41. The third-order valence-corrected chi connectivity index (χ3v) is 5.29. The number of hydrogen-bond donors (Lipinski definition) is 1. The summed E-state index contributed by atoms with van der Waals surface area (Å²) in [5.41, 5.74) is 6.36. The molecule has 0 fully saturated rings. The van der Waals surface area contributed by atoms with E-state index in [1.54, 1.807) is 29.2 Å². The summed E-state index contributed by atoms with van der Waals surface area (Å²) in [4.78, 5) is 27.2. The van der Waals surface area contributed by atoms with Crippen LogP contribution in [0.25, 0.3) is 0 Å². The van der Waals surface area contributed by atoms with Crippen molar-refractivity contribution in [3.05, 3.63) is 94.5 Å². The number of aryl methyl sites for hydroxylation is 2. The molecule has 140 valence electrons. The van der Waals surface area contributed by atoms with Crippen LogP contribution in [0.1, 0.15) is 37.4 Å². The molecule has 3 aromatic carbocycles. The summed E-state index contributed by atoms with van der Waals surface area (Å²) in [7, 11) is 0. The Morgan fingerprint density at radius 3 is 2.32 bits per heavy atom. The van der Waals surface area contributed by atoms with Gasteiger partial charge in [-0.25, -0.2) is 0 Å². The van der Waals surface area contributed by atoms with Crippen LogP contribution < -0.4 is 10.2 Å². The molecule has 2 amide bonds. The van der Waals surface area contributed by atoms with Crippen LogP contribution >= 0.6 is 0 Å². The molecule has 0 spiro atoms. The Bertz CT molecular complexity index is 1050. The molecule has 1 aliphatic heterocycles. The van der Waals surface area contributed by atoms with Gasteiger partial charge in [-0.15, -0.1) is 0 Å². The Morgan fingerprint density at radius 1 is 0.857 bits per heavy atom. The molecule has 0 saturated heterocycles. The van der Waals surface area contributed by atoms with Gasteiger partial charge < -0.3 is 10.2 Å². The minimum absolute atomic E-state index is 0.0360. The van der Waals surface area contributed by atoms with Gasteiger partial charge >= 0.3 is 0 Å². The van der Waals surface area contributed by atoms with E-state index in [0.717, 1.165) is 23.4 Å². The lowest BCUT2D eigenvalue weighted by Gasteiger charge is -2.17. The molecule has 0 aromatic heterocycles. The zero-order valence-corrected chi connectivity index (χ0v) is 16.0. The van der Waals surface area contributed by atoms with Crippen molar-refractivity contribution < 1.29 is 9.59 Å². The number of hydrogen-bond acceptors (Lipinski definition) is 2. The topological polar surface area (TPSA) is 49.4 Å². The highest BCUT2D eigenvalue weighted by atomic mass is 16.2. The fourth-order valence-corrected chi connectivity index (χ4v) is 3.49. The number of nitrogens with one attached hydrogen (secondary N) is 1. The predicted octanol–water partition coefficient (Wildman–Crippen LogP) is 4.76. The molecule has 4 nitrogen and oxygen atoms in total. The van der Waals surface area contributed by atoms with Crippen LogP contribution in [0.2, 0.25) is 0 Å². The number of para-hydroxylation sites is 1. The van der Waals surface area contributed by atoms with Crippen LogP contribution in [0, 0.1) is 13.8 Å². The molecule has 1 N–H and O–H groups in total. The highest BCUT2D eigenvalue weighted by Crippen LogP contribution is 2.28. The van der Waals surface area contributed by atoms with Gasteiger partial charge in [0, 0.05) is 29.0 Å². The van der Waals surface area contributed by atoms with Gasteiger partial charge in [0.05, 0.1) is 0 Å². The number of benzene rings is 3. The highest BCUT2D eigenvalue weighted by Gasteiger charge is 2.25. The summed E-state index contributed by atoms with van der Waals surface area (Å²) >= 11 is 0. The Balaban J connectivity index is 1.48. The van der Waals surface area contributed by atoms with Gasteiger partial charge in [0.2, 0.25) is 0 Å². The van der Waals surface area contributed by atoms with E-state index < -0.39 is 0 Å². The van der Waals surface area contributed by atoms with Gasteiger partial charge in [0.25, 0.3) is 11.8 Å². The van der Waals surface area contributed by atoms with Crippen LogP contribution in [-0.4, -0.2) is 18.4 Å². The SMILES string of the molecule is Cc1ccc(NC(=O)c2ccc(C(=O)N3CCc4ccccc43)cc2)cc1C. The number of rotatable bonds is 3. The quantitative estimate of drug-likeness (QED) is 0.723. The lowest BCUT2D eigenvalue weighted by Crippen LogP contribution is -2.28. The Kier molecular flexibility index (Phi) is 4.70. The number of carbonyl (C=O) groups excluding carboxylic acids is 2. The zero-order valence-electron chi connectivity index (χ0n) is 16.0.